The van der Waals surface area contributed by atoms with Crippen molar-refractivity contribution in [1.82, 2.24) is 4.98 Å². The molecule has 0 saturated heterocycles. The van der Waals surface area contributed by atoms with Crippen molar-refractivity contribution in [3.05, 3.63) is 109 Å². The van der Waals surface area contributed by atoms with Gasteiger partial charge in [-0.05, 0) is 72.8 Å². The van der Waals surface area contributed by atoms with Gasteiger partial charge in [-0.2, -0.15) is 0 Å². The van der Waals surface area contributed by atoms with Crippen molar-refractivity contribution in [3.63, 3.8) is 0 Å². The molecule has 0 unspecified atom stereocenters. The predicted molar refractivity (Wildman–Crippen MR) is 141 cm³/mol. The van der Waals surface area contributed by atoms with Gasteiger partial charge in [-0.25, -0.2) is 4.57 Å². The van der Waals surface area contributed by atoms with Gasteiger partial charge < -0.3 is 21.7 Å². The molecule has 5 aromatic rings. The monoisotopic (exact) mass is 461 g/mol. The van der Waals surface area contributed by atoms with Gasteiger partial charge in [0.1, 0.15) is 7.05 Å². The maximum Gasteiger partial charge on any atom is 0.255 e. The van der Waals surface area contributed by atoms with Crippen molar-refractivity contribution in [2.45, 2.75) is 0 Å². The van der Waals surface area contributed by atoms with Crippen LogP contribution in [0.5, 0.6) is 0 Å². The quantitative estimate of drug-likeness (QED) is 0.201. The van der Waals surface area contributed by atoms with Crippen molar-refractivity contribution in [2.24, 2.45) is 7.05 Å². The first kappa shape index (κ1) is 21.9. The Hall–Kier alpha value is -4.91. The first-order chi connectivity index (χ1) is 17.0. The van der Waals surface area contributed by atoms with Gasteiger partial charge in [-0.3, -0.25) is 9.78 Å². The van der Waals surface area contributed by atoms with E-state index in [1.165, 1.54) is 0 Å². The van der Waals surface area contributed by atoms with Crippen molar-refractivity contribution in [1.29, 1.82) is 0 Å². The molecule has 5 N–H and O–H groups in total. The van der Waals surface area contributed by atoms with E-state index in [4.69, 9.17) is 5.73 Å². The molecule has 7 nitrogen and oxygen atoms in total. The van der Waals surface area contributed by atoms with Gasteiger partial charge >= 0.3 is 0 Å². The van der Waals surface area contributed by atoms with E-state index < -0.39 is 0 Å². The number of aromatic nitrogens is 2. The van der Waals surface area contributed by atoms with Gasteiger partial charge in [0.25, 0.3) is 5.91 Å². The number of benzene rings is 3. The smallest absolute Gasteiger partial charge is 0.255 e. The molecule has 7 heteroatoms. The molecule has 0 radical (unpaired) electrons. The molecule has 5 rings (SSSR count). The number of nitrogens with one attached hydrogen (secondary N) is 3. The number of nitrogens with two attached hydrogens (primary N) is 1. The Kier molecular flexibility index (Phi) is 5.96. The minimum atomic E-state index is -0.171. The summed E-state index contributed by atoms with van der Waals surface area (Å²) in [4.78, 5) is 17.1. The zero-order valence-corrected chi connectivity index (χ0v) is 19.2. The second kappa shape index (κ2) is 9.52. The Morgan fingerprint density at radius 3 is 2.14 bits per heavy atom. The standard InChI is InChI=1S/C28H24N6O/c1-34-16-13-24(14-17-34)31-21-7-9-23(10-8-21)33-28(35)19-2-5-22(6-3-19)32-27-12-15-30-26-11-4-20(29)18-25(26)27/h2-18H,29H2,1H3,(H2,30,32,33,35)/p+1. The van der Waals surface area contributed by atoms with Crippen LogP contribution in [0.3, 0.4) is 0 Å². The average molecular weight is 462 g/mol. The lowest BCUT2D eigenvalue weighted by atomic mass is 10.1. The number of nitrogens with zero attached hydrogens (tertiary/aromatic N) is 2. The normalized spacial score (nSPS) is 10.7. The number of pyridine rings is 2. The topological polar surface area (TPSA) is 96.0 Å². The Bertz CT molecular complexity index is 1480. The molecule has 2 aromatic heterocycles. The number of carbonyl (C=O) groups excluding carboxylic acids is 1. The van der Waals surface area contributed by atoms with E-state index in [1.54, 1.807) is 18.3 Å². The summed E-state index contributed by atoms with van der Waals surface area (Å²) in [6, 6.07) is 26.5. The molecule has 0 aliphatic rings. The number of carbonyl (C=O) groups is 1. The minimum Gasteiger partial charge on any atom is -0.399 e. The highest BCUT2D eigenvalue weighted by Gasteiger charge is 2.08. The summed E-state index contributed by atoms with van der Waals surface area (Å²) in [5, 5.41) is 10.6. The first-order valence-corrected chi connectivity index (χ1v) is 11.2. The van der Waals surface area contributed by atoms with E-state index >= 15 is 0 Å². The number of amides is 1. The molecule has 35 heavy (non-hydrogen) atoms. The molecule has 2 heterocycles. The highest BCUT2D eigenvalue weighted by molar-refractivity contribution is 6.04. The molecule has 0 aliphatic carbocycles. The molecule has 0 atom stereocenters. The number of rotatable bonds is 6. The lowest BCUT2D eigenvalue weighted by Gasteiger charge is -2.11. The third-order valence-corrected chi connectivity index (χ3v) is 5.60. The number of nitrogen functional groups attached to an aromatic ring is 1. The summed E-state index contributed by atoms with van der Waals surface area (Å²) >= 11 is 0. The summed E-state index contributed by atoms with van der Waals surface area (Å²) in [6.07, 6.45) is 5.71. The molecule has 3 aromatic carbocycles. The maximum atomic E-state index is 12.7. The van der Waals surface area contributed by atoms with Crippen LogP contribution in [-0.4, -0.2) is 10.9 Å². The van der Waals surface area contributed by atoms with Gasteiger partial charge in [-0.15, -0.1) is 0 Å². The van der Waals surface area contributed by atoms with Crippen molar-refractivity contribution < 1.29 is 9.36 Å². The lowest BCUT2D eigenvalue weighted by Crippen LogP contribution is -2.25. The van der Waals surface area contributed by atoms with E-state index in [2.05, 4.69) is 20.9 Å². The fourth-order valence-corrected chi connectivity index (χ4v) is 3.72. The van der Waals surface area contributed by atoms with Crippen LogP contribution in [-0.2, 0) is 7.05 Å². The molecule has 0 bridgehead atoms. The molecule has 1 amide bonds. The zero-order valence-electron chi connectivity index (χ0n) is 19.2. The van der Waals surface area contributed by atoms with Gasteiger partial charge in [0.2, 0.25) is 0 Å². The number of hydrogen-bond acceptors (Lipinski definition) is 5. The van der Waals surface area contributed by atoms with Crippen LogP contribution in [0.25, 0.3) is 10.9 Å². The fourth-order valence-electron chi connectivity index (χ4n) is 3.72. The van der Waals surface area contributed by atoms with E-state index in [0.29, 0.717) is 11.3 Å². The summed E-state index contributed by atoms with van der Waals surface area (Å²) in [7, 11) is 1.98. The van der Waals surface area contributed by atoms with Crippen molar-refractivity contribution in [3.8, 4) is 0 Å². The summed E-state index contributed by atoms with van der Waals surface area (Å²) in [6.45, 7) is 0. The highest BCUT2D eigenvalue weighted by atomic mass is 16.1. The summed E-state index contributed by atoms with van der Waals surface area (Å²) in [5.74, 6) is -0.171. The van der Waals surface area contributed by atoms with Crippen molar-refractivity contribution in [2.75, 3.05) is 21.7 Å². The third-order valence-electron chi connectivity index (χ3n) is 5.60. The van der Waals surface area contributed by atoms with E-state index in [-0.39, 0.29) is 5.91 Å². The maximum absolute atomic E-state index is 12.7. The second-order valence-corrected chi connectivity index (χ2v) is 8.25. The van der Waals surface area contributed by atoms with Crippen LogP contribution in [0.2, 0.25) is 0 Å². The largest absolute Gasteiger partial charge is 0.399 e. The molecule has 0 spiro atoms. The number of aryl methyl sites for hydroxylation is 1. The van der Waals surface area contributed by atoms with E-state index in [0.717, 1.165) is 39.3 Å². The van der Waals surface area contributed by atoms with Gasteiger partial charge in [-0.1, -0.05) is 0 Å². The van der Waals surface area contributed by atoms with Crippen LogP contribution in [0.1, 0.15) is 10.4 Å². The number of fused-ring (bicyclic) bond motifs is 1. The SMILES string of the molecule is C[n+]1ccc(Nc2ccc(NC(=O)c3ccc(Nc4ccnc5ccc(N)cc45)cc3)cc2)cc1. The summed E-state index contributed by atoms with van der Waals surface area (Å²) in [5.41, 5.74) is 12.5. The molecule has 172 valence electrons. The minimum absolute atomic E-state index is 0.171. The van der Waals surface area contributed by atoms with Crippen LogP contribution in [0.4, 0.5) is 34.1 Å². The third kappa shape index (κ3) is 5.20. The zero-order chi connectivity index (χ0) is 24.2. The fraction of sp³-hybridized carbons (Fsp3) is 0.0357. The number of anilines is 6. The highest BCUT2D eigenvalue weighted by Crippen LogP contribution is 2.27. The molecule has 0 aliphatic heterocycles. The first-order valence-electron chi connectivity index (χ1n) is 11.2. The molecular formula is C28H25N6O+. The van der Waals surface area contributed by atoms with Crippen LogP contribution in [0, 0.1) is 0 Å². The Morgan fingerprint density at radius 1 is 0.771 bits per heavy atom. The van der Waals surface area contributed by atoms with Crippen molar-refractivity contribution >= 4 is 50.9 Å². The summed E-state index contributed by atoms with van der Waals surface area (Å²) < 4.78 is 1.98. The van der Waals surface area contributed by atoms with Crippen LogP contribution in [0.15, 0.2) is 104 Å². The Balaban J connectivity index is 1.23. The predicted octanol–water partition coefficient (Wildman–Crippen LogP) is 5.38. The van der Waals surface area contributed by atoms with Gasteiger partial charge in [0.15, 0.2) is 12.4 Å². The number of hydrogen-bond donors (Lipinski definition) is 4. The van der Waals surface area contributed by atoms with E-state index in [1.807, 2.05) is 96.8 Å². The van der Waals surface area contributed by atoms with Crippen LogP contribution >= 0.6 is 0 Å². The average Bonchev–Trinajstić information content (AvgIpc) is 2.87. The Labute approximate surface area is 203 Å². The Morgan fingerprint density at radius 2 is 1.40 bits per heavy atom. The second-order valence-electron chi connectivity index (χ2n) is 8.25. The molecular weight excluding hydrogens is 436 g/mol. The van der Waals surface area contributed by atoms with Gasteiger partial charge in [0, 0.05) is 57.7 Å². The van der Waals surface area contributed by atoms with Crippen LogP contribution < -0.4 is 26.3 Å². The molecule has 0 saturated carbocycles. The van der Waals surface area contributed by atoms with Gasteiger partial charge in [0.05, 0.1) is 11.2 Å². The lowest BCUT2D eigenvalue weighted by molar-refractivity contribution is -0.671. The van der Waals surface area contributed by atoms with E-state index in [9.17, 15) is 4.79 Å². The molecule has 0 fully saturated rings.